The highest BCUT2D eigenvalue weighted by Gasteiger charge is 2.42. The van der Waals surface area contributed by atoms with Gasteiger partial charge in [0, 0.05) is 11.3 Å². The summed E-state index contributed by atoms with van der Waals surface area (Å²) in [5, 5.41) is 28.6. The van der Waals surface area contributed by atoms with Gasteiger partial charge in [-0.05, 0) is 0 Å². The summed E-state index contributed by atoms with van der Waals surface area (Å²) in [4.78, 5) is 11.8. The van der Waals surface area contributed by atoms with E-state index in [1.54, 1.807) is 27.7 Å². The molecule has 0 aromatic heterocycles. The topological polar surface area (TPSA) is 96.2 Å². The van der Waals surface area contributed by atoms with E-state index in [-0.39, 0.29) is 12.4 Å². The quantitative estimate of drug-likeness (QED) is 0.652. The van der Waals surface area contributed by atoms with Crippen molar-refractivity contribution in [2.24, 2.45) is 11.3 Å². The zero-order chi connectivity index (χ0) is 14.8. The van der Waals surface area contributed by atoms with E-state index in [4.69, 9.17) is 14.6 Å². The minimum atomic E-state index is -1.15. The van der Waals surface area contributed by atoms with Crippen molar-refractivity contribution in [2.45, 2.75) is 52.3 Å². The molecule has 1 rings (SSSR count). The smallest absolute Gasteiger partial charge is 0.163 e. The van der Waals surface area contributed by atoms with E-state index in [2.05, 4.69) is 0 Å². The Bertz CT molecular complexity index is 309. The van der Waals surface area contributed by atoms with Crippen molar-refractivity contribution in [3.8, 4) is 0 Å². The van der Waals surface area contributed by atoms with Crippen molar-refractivity contribution in [1.82, 2.24) is 0 Å². The standard InChI is InChI=1S/C13H24O6/c1-7-10(16)11(17)8(5-14)19-12(7)18-6-9(15)13(2,3)4/h7-8,10-12,14,16-17H,5-6H2,1-4H3/t7-,8-,10-,11+,12-/m1/s1. The number of ether oxygens (including phenoxy) is 2. The Hall–Kier alpha value is -0.530. The molecule has 6 heteroatoms. The predicted octanol–water partition coefficient (Wildman–Crippen LogP) is -0.307. The highest BCUT2D eigenvalue weighted by atomic mass is 16.7. The minimum Gasteiger partial charge on any atom is -0.394 e. The second-order valence-corrected chi connectivity index (χ2v) is 6.05. The van der Waals surface area contributed by atoms with Gasteiger partial charge in [-0.2, -0.15) is 0 Å². The summed E-state index contributed by atoms with van der Waals surface area (Å²) >= 11 is 0. The number of hydrogen-bond donors (Lipinski definition) is 3. The number of carbonyl (C=O) groups excluding carboxylic acids is 1. The summed E-state index contributed by atoms with van der Waals surface area (Å²) < 4.78 is 10.7. The molecule has 0 unspecified atom stereocenters. The van der Waals surface area contributed by atoms with Crippen molar-refractivity contribution in [1.29, 1.82) is 0 Å². The number of Topliss-reactive ketones (excluding diaryl/α,β-unsaturated/α-hetero) is 1. The molecule has 0 saturated carbocycles. The molecule has 1 aliphatic rings. The lowest BCUT2D eigenvalue weighted by molar-refractivity contribution is -0.280. The molecule has 0 amide bonds. The van der Waals surface area contributed by atoms with Gasteiger partial charge in [-0.3, -0.25) is 4.79 Å². The van der Waals surface area contributed by atoms with E-state index in [0.29, 0.717) is 0 Å². The van der Waals surface area contributed by atoms with Crippen molar-refractivity contribution in [3.05, 3.63) is 0 Å². The van der Waals surface area contributed by atoms with Crippen LogP contribution in [-0.4, -0.2) is 58.9 Å². The molecule has 112 valence electrons. The fourth-order valence-electron chi connectivity index (χ4n) is 1.79. The van der Waals surface area contributed by atoms with Crippen molar-refractivity contribution in [2.75, 3.05) is 13.2 Å². The predicted molar refractivity (Wildman–Crippen MR) is 67.3 cm³/mol. The van der Waals surface area contributed by atoms with Crippen LogP contribution in [0.2, 0.25) is 0 Å². The summed E-state index contributed by atoms with van der Waals surface area (Å²) in [6, 6.07) is 0. The van der Waals surface area contributed by atoms with Crippen LogP contribution in [-0.2, 0) is 14.3 Å². The Labute approximate surface area is 113 Å². The van der Waals surface area contributed by atoms with Crippen molar-refractivity contribution in [3.63, 3.8) is 0 Å². The van der Waals surface area contributed by atoms with Gasteiger partial charge >= 0.3 is 0 Å². The Morgan fingerprint density at radius 1 is 1.26 bits per heavy atom. The summed E-state index contributed by atoms with van der Waals surface area (Å²) in [5.41, 5.74) is -0.508. The molecule has 1 aliphatic heterocycles. The van der Waals surface area contributed by atoms with Crippen LogP contribution >= 0.6 is 0 Å². The molecule has 0 spiro atoms. The van der Waals surface area contributed by atoms with Gasteiger partial charge in [0.15, 0.2) is 12.1 Å². The molecule has 5 atom stereocenters. The molecule has 1 heterocycles. The van der Waals surface area contributed by atoms with Gasteiger partial charge in [-0.1, -0.05) is 27.7 Å². The Balaban J connectivity index is 2.60. The molecule has 0 aromatic rings. The molecule has 19 heavy (non-hydrogen) atoms. The third kappa shape index (κ3) is 3.97. The zero-order valence-electron chi connectivity index (χ0n) is 11.9. The molecular formula is C13H24O6. The first-order valence-corrected chi connectivity index (χ1v) is 6.46. The van der Waals surface area contributed by atoms with Gasteiger partial charge in [0.05, 0.1) is 12.7 Å². The second-order valence-electron chi connectivity index (χ2n) is 6.05. The number of ketones is 1. The Morgan fingerprint density at radius 2 is 1.84 bits per heavy atom. The summed E-state index contributed by atoms with van der Waals surface area (Å²) in [6.45, 7) is 6.49. The van der Waals surface area contributed by atoms with E-state index in [1.807, 2.05) is 0 Å². The lowest BCUT2D eigenvalue weighted by atomic mass is 9.91. The Kier molecular flexibility index (Phi) is 5.46. The maximum absolute atomic E-state index is 11.8. The molecule has 1 fully saturated rings. The lowest BCUT2D eigenvalue weighted by Crippen LogP contribution is -2.55. The minimum absolute atomic E-state index is 0.0792. The SMILES string of the molecule is C[C@H]1[C@H](OCC(=O)C(C)(C)C)O[C@H](CO)[C@H](O)[C@@H]1O. The van der Waals surface area contributed by atoms with E-state index >= 15 is 0 Å². The average molecular weight is 276 g/mol. The fraction of sp³-hybridized carbons (Fsp3) is 0.923. The van der Waals surface area contributed by atoms with Gasteiger partial charge in [0.2, 0.25) is 0 Å². The zero-order valence-corrected chi connectivity index (χ0v) is 11.9. The largest absolute Gasteiger partial charge is 0.394 e. The van der Waals surface area contributed by atoms with Crippen LogP contribution in [0.15, 0.2) is 0 Å². The van der Waals surface area contributed by atoms with Crippen LogP contribution in [0.4, 0.5) is 0 Å². The number of aliphatic hydroxyl groups excluding tert-OH is 3. The number of hydrogen-bond acceptors (Lipinski definition) is 6. The molecule has 0 aliphatic carbocycles. The van der Waals surface area contributed by atoms with Crippen LogP contribution in [0.5, 0.6) is 0 Å². The van der Waals surface area contributed by atoms with Gasteiger partial charge in [-0.25, -0.2) is 0 Å². The third-order valence-electron chi connectivity index (χ3n) is 3.40. The molecule has 6 nitrogen and oxygen atoms in total. The van der Waals surface area contributed by atoms with Crippen molar-refractivity contribution >= 4 is 5.78 Å². The molecule has 0 bridgehead atoms. The summed E-state index contributed by atoms with van der Waals surface area (Å²) in [5.74, 6) is -0.560. The monoisotopic (exact) mass is 276 g/mol. The van der Waals surface area contributed by atoms with Crippen LogP contribution in [0.25, 0.3) is 0 Å². The number of rotatable bonds is 4. The number of aliphatic hydroxyl groups is 3. The van der Waals surface area contributed by atoms with Crippen LogP contribution < -0.4 is 0 Å². The first-order chi connectivity index (χ1) is 8.68. The molecule has 0 aromatic carbocycles. The average Bonchev–Trinajstić information content (AvgIpc) is 2.33. The maximum atomic E-state index is 11.8. The molecule has 1 saturated heterocycles. The van der Waals surface area contributed by atoms with Gasteiger partial charge in [0.1, 0.15) is 18.8 Å². The lowest BCUT2D eigenvalue weighted by Gasteiger charge is -2.40. The maximum Gasteiger partial charge on any atom is 0.163 e. The van der Waals surface area contributed by atoms with Gasteiger partial charge in [0.25, 0.3) is 0 Å². The second kappa shape index (κ2) is 6.28. The molecular weight excluding hydrogens is 252 g/mol. The van der Waals surface area contributed by atoms with E-state index in [0.717, 1.165) is 0 Å². The van der Waals surface area contributed by atoms with Crippen LogP contribution in [0.1, 0.15) is 27.7 Å². The van der Waals surface area contributed by atoms with Gasteiger partial charge < -0.3 is 24.8 Å². The first-order valence-electron chi connectivity index (χ1n) is 6.46. The van der Waals surface area contributed by atoms with E-state index in [9.17, 15) is 15.0 Å². The van der Waals surface area contributed by atoms with Crippen molar-refractivity contribution < 1.29 is 29.6 Å². The van der Waals surface area contributed by atoms with Crippen LogP contribution in [0, 0.1) is 11.3 Å². The highest BCUT2D eigenvalue weighted by molar-refractivity contribution is 5.84. The summed E-state index contributed by atoms with van der Waals surface area (Å²) in [6.07, 6.45) is -3.93. The number of carbonyl (C=O) groups is 1. The van der Waals surface area contributed by atoms with E-state index in [1.165, 1.54) is 0 Å². The Morgan fingerprint density at radius 3 is 2.32 bits per heavy atom. The van der Waals surface area contributed by atoms with Crippen LogP contribution in [0.3, 0.4) is 0 Å². The first kappa shape index (κ1) is 16.5. The molecule has 0 radical (unpaired) electrons. The summed E-state index contributed by atoms with van der Waals surface area (Å²) in [7, 11) is 0. The van der Waals surface area contributed by atoms with E-state index < -0.39 is 42.5 Å². The van der Waals surface area contributed by atoms with Gasteiger partial charge in [-0.15, -0.1) is 0 Å². The third-order valence-corrected chi connectivity index (χ3v) is 3.40. The normalized spacial score (nSPS) is 36.3. The highest BCUT2D eigenvalue weighted by Crippen LogP contribution is 2.27. The fourth-order valence-corrected chi connectivity index (χ4v) is 1.79. The molecule has 3 N–H and O–H groups in total.